The number of rotatable bonds is 6. The summed E-state index contributed by atoms with van der Waals surface area (Å²) in [4.78, 5) is 5.83. The lowest BCUT2D eigenvalue weighted by Crippen LogP contribution is -2.27. The van der Waals surface area contributed by atoms with Crippen molar-refractivity contribution < 1.29 is 4.39 Å². The summed E-state index contributed by atoms with van der Waals surface area (Å²) in [5.74, 6) is 2.56. The second-order valence-corrected chi connectivity index (χ2v) is 4.36. The molecule has 0 unspecified atom stereocenters. The predicted octanol–water partition coefficient (Wildman–Crippen LogP) is 2.18. The van der Waals surface area contributed by atoms with Crippen LogP contribution in [-0.4, -0.2) is 24.1 Å². The van der Waals surface area contributed by atoms with Crippen LogP contribution in [0, 0.1) is 18.2 Å². The molecule has 0 bridgehead atoms. The molecule has 4 heteroatoms. The number of halogens is 1. The van der Waals surface area contributed by atoms with E-state index in [1.165, 1.54) is 0 Å². The Bertz CT molecular complexity index is 424. The molecule has 0 amide bonds. The van der Waals surface area contributed by atoms with E-state index in [0.717, 1.165) is 0 Å². The minimum Gasteiger partial charge on any atom is -0.343 e. The summed E-state index contributed by atoms with van der Waals surface area (Å²) in [6, 6.07) is 2.01. The summed E-state index contributed by atoms with van der Waals surface area (Å²) in [6.45, 7) is 7.47. The third kappa shape index (κ3) is 3.71. The van der Waals surface area contributed by atoms with E-state index in [1.54, 1.807) is 17.2 Å². The number of anilines is 1. The third-order valence-corrected chi connectivity index (χ3v) is 2.61. The fourth-order valence-corrected chi connectivity index (χ4v) is 1.59. The van der Waals surface area contributed by atoms with Crippen molar-refractivity contribution in [2.24, 2.45) is 0 Å². The maximum atomic E-state index is 14.3. The van der Waals surface area contributed by atoms with Crippen LogP contribution in [0.2, 0.25) is 0 Å². The van der Waals surface area contributed by atoms with Crippen LogP contribution in [0.1, 0.15) is 26.3 Å². The van der Waals surface area contributed by atoms with Crippen LogP contribution in [0.4, 0.5) is 10.2 Å². The van der Waals surface area contributed by atoms with E-state index in [1.807, 2.05) is 20.8 Å². The average Bonchev–Trinajstić information content (AvgIpc) is 2.35. The van der Waals surface area contributed by atoms with Crippen molar-refractivity contribution in [1.82, 2.24) is 10.3 Å². The van der Waals surface area contributed by atoms with Gasteiger partial charge in [0.1, 0.15) is 0 Å². The molecule has 0 radical (unpaired) electrons. The van der Waals surface area contributed by atoms with Crippen molar-refractivity contribution in [1.29, 1.82) is 0 Å². The van der Waals surface area contributed by atoms with Gasteiger partial charge in [-0.3, -0.25) is 0 Å². The first kappa shape index (κ1) is 14.5. The lowest BCUT2D eigenvalue weighted by molar-refractivity contribution is 0.548. The van der Waals surface area contributed by atoms with Crippen molar-refractivity contribution in [2.75, 3.05) is 18.0 Å². The van der Waals surface area contributed by atoms with Gasteiger partial charge < -0.3 is 10.2 Å². The Kier molecular flexibility index (Phi) is 5.60. The van der Waals surface area contributed by atoms with Gasteiger partial charge in [-0.15, -0.1) is 6.42 Å². The Morgan fingerprint density at radius 1 is 1.56 bits per heavy atom. The molecule has 0 spiro atoms. The Morgan fingerprint density at radius 3 is 2.83 bits per heavy atom. The van der Waals surface area contributed by atoms with E-state index in [0.29, 0.717) is 37.1 Å². The highest BCUT2D eigenvalue weighted by molar-refractivity contribution is 5.44. The summed E-state index contributed by atoms with van der Waals surface area (Å²) in [5.41, 5.74) is 0.615. The lowest BCUT2D eigenvalue weighted by atomic mass is 10.2. The highest BCUT2D eigenvalue weighted by atomic mass is 19.1. The molecule has 1 N–H and O–H groups in total. The second-order valence-electron chi connectivity index (χ2n) is 4.36. The molecule has 0 aromatic carbocycles. The molecule has 98 valence electrons. The summed E-state index contributed by atoms with van der Waals surface area (Å²) in [6.07, 6.45) is 6.89. The molecule has 0 aliphatic rings. The van der Waals surface area contributed by atoms with Crippen molar-refractivity contribution >= 4 is 5.82 Å². The van der Waals surface area contributed by atoms with Crippen molar-refractivity contribution in [3.63, 3.8) is 0 Å². The SMILES string of the molecule is C#CCN(CC)c1nccc(CNC(C)C)c1F. The molecule has 3 nitrogen and oxygen atoms in total. The van der Waals surface area contributed by atoms with Gasteiger partial charge in [-0.2, -0.15) is 0 Å². The van der Waals surface area contributed by atoms with Gasteiger partial charge in [-0.1, -0.05) is 19.8 Å². The molecule has 1 rings (SSSR count). The van der Waals surface area contributed by atoms with Crippen LogP contribution in [0.25, 0.3) is 0 Å². The van der Waals surface area contributed by atoms with E-state index in [4.69, 9.17) is 6.42 Å². The van der Waals surface area contributed by atoms with E-state index in [2.05, 4.69) is 16.2 Å². The molecule has 1 heterocycles. The zero-order valence-electron chi connectivity index (χ0n) is 11.2. The van der Waals surface area contributed by atoms with Gasteiger partial charge in [0.05, 0.1) is 6.54 Å². The fourth-order valence-electron chi connectivity index (χ4n) is 1.59. The number of hydrogen-bond acceptors (Lipinski definition) is 3. The quantitative estimate of drug-likeness (QED) is 0.783. The molecule has 1 aromatic rings. The topological polar surface area (TPSA) is 28.2 Å². The monoisotopic (exact) mass is 249 g/mol. The van der Waals surface area contributed by atoms with E-state index in [9.17, 15) is 4.39 Å². The van der Waals surface area contributed by atoms with E-state index >= 15 is 0 Å². The lowest BCUT2D eigenvalue weighted by Gasteiger charge is -2.20. The number of nitrogens with one attached hydrogen (secondary N) is 1. The number of pyridine rings is 1. The summed E-state index contributed by atoms with van der Waals surface area (Å²) in [7, 11) is 0. The molecule has 18 heavy (non-hydrogen) atoms. The minimum atomic E-state index is -0.289. The molecule has 0 saturated heterocycles. The third-order valence-electron chi connectivity index (χ3n) is 2.61. The predicted molar refractivity (Wildman–Crippen MR) is 72.9 cm³/mol. The minimum absolute atomic E-state index is 0.289. The molecule has 0 saturated carbocycles. The Balaban J connectivity index is 2.93. The number of hydrogen-bond donors (Lipinski definition) is 1. The second kappa shape index (κ2) is 6.97. The number of terminal acetylenes is 1. The first-order valence-corrected chi connectivity index (χ1v) is 6.15. The molecular weight excluding hydrogens is 229 g/mol. The molecular formula is C14H20FN3. The van der Waals surface area contributed by atoms with Gasteiger partial charge in [0.15, 0.2) is 11.6 Å². The molecule has 0 aliphatic carbocycles. The van der Waals surface area contributed by atoms with E-state index < -0.39 is 0 Å². The van der Waals surface area contributed by atoms with Gasteiger partial charge in [0.25, 0.3) is 0 Å². The summed E-state index contributed by atoms with van der Waals surface area (Å²) in [5, 5.41) is 3.19. The van der Waals surface area contributed by atoms with Crippen LogP contribution < -0.4 is 10.2 Å². The van der Waals surface area contributed by atoms with Crippen LogP contribution in [0.3, 0.4) is 0 Å². The van der Waals surface area contributed by atoms with Crippen molar-refractivity contribution in [3.05, 3.63) is 23.6 Å². The largest absolute Gasteiger partial charge is 0.343 e. The fraction of sp³-hybridized carbons (Fsp3) is 0.500. The van der Waals surface area contributed by atoms with Crippen molar-refractivity contribution in [3.8, 4) is 12.3 Å². The van der Waals surface area contributed by atoms with Gasteiger partial charge in [0, 0.05) is 30.9 Å². The summed E-state index contributed by atoms with van der Waals surface area (Å²) < 4.78 is 14.3. The first-order valence-electron chi connectivity index (χ1n) is 6.15. The smallest absolute Gasteiger partial charge is 0.170 e. The molecule has 1 aromatic heterocycles. The van der Waals surface area contributed by atoms with Crippen LogP contribution in [0.5, 0.6) is 0 Å². The number of nitrogens with zero attached hydrogens (tertiary/aromatic N) is 2. The summed E-state index contributed by atoms with van der Waals surface area (Å²) >= 11 is 0. The van der Waals surface area contributed by atoms with Gasteiger partial charge in [-0.25, -0.2) is 9.37 Å². The number of aromatic nitrogens is 1. The zero-order valence-corrected chi connectivity index (χ0v) is 11.2. The maximum Gasteiger partial charge on any atom is 0.170 e. The standard InChI is InChI=1S/C14H20FN3/c1-5-9-18(6-2)14-13(15)12(7-8-16-14)10-17-11(3)4/h1,7-8,11,17H,6,9-10H2,2-4H3. The Morgan fingerprint density at radius 2 is 2.28 bits per heavy atom. The average molecular weight is 249 g/mol. The van der Waals surface area contributed by atoms with Crippen molar-refractivity contribution in [2.45, 2.75) is 33.4 Å². The first-order chi connectivity index (χ1) is 8.60. The maximum absolute atomic E-state index is 14.3. The Labute approximate surface area is 108 Å². The van der Waals surface area contributed by atoms with Crippen LogP contribution in [0.15, 0.2) is 12.3 Å². The normalized spacial score (nSPS) is 10.4. The Hall–Kier alpha value is -1.60. The van der Waals surface area contributed by atoms with Gasteiger partial charge in [0.2, 0.25) is 0 Å². The van der Waals surface area contributed by atoms with Gasteiger partial charge in [-0.05, 0) is 13.0 Å². The molecule has 0 fully saturated rings. The van der Waals surface area contributed by atoms with Crippen LogP contribution in [-0.2, 0) is 6.54 Å². The van der Waals surface area contributed by atoms with E-state index in [-0.39, 0.29) is 5.82 Å². The van der Waals surface area contributed by atoms with Gasteiger partial charge >= 0.3 is 0 Å². The molecule has 0 aliphatic heterocycles. The highest BCUT2D eigenvalue weighted by Gasteiger charge is 2.14. The zero-order chi connectivity index (χ0) is 13.5. The van der Waals surface area contributed by atoms with Crippen LogP contribution >= 0.6 is 0 Å². The highest BCUT2D eigenvalue weighted by Crippen LogP contribution is 2.19. The molecule has 0 atom stereocenters.